The van der Waals surface area contributed by atoms with E-state index in [0.29, 0.717) is 31.2 Å². The minimum Gasteiger partial charge on any atom is -0.376 e. The maximum Gasteiger partial charge on any atom is 0.267 e. The van der Waals surface area contributed by atoms with Gasteiger partial charge < -0.3 is 10.1 Å². The Kier molecular flexibility index (Phi) is 6.37. The number of likely N-dealkylation sites (tertiary alicyclic amines) is 1. The number of fused-ring (bicyclic) bond motifs is 1. The van der Waals surface area contributed by atoms with E-state index in [-0.39, 0.29) is 17.5 Å². The Morgan fingerprint density at radius 2 is 2.28 bits per heavy atom. The van der Waals surface area contributed by atoms with E-state index < -0.39 is 0 Å². The molecule has 0 aliphatic carbocycles. The van der Waals surface area contributed by atoms with Crippen LogP contribution in [-0.4, -0.2) is 57.9 Å². The molecule has 0 bridgehead atoms. The molecule has 0 aromatic carbocycles. The molecule has 0 radical (unpaired) electrons. The third-order valence-electron chi connectivity index (χ3n) is 5.70. The standard InChI is InChI=1S/C20H27N5O3S/c1-14-19(29-13-22-14)20(27)21-11-16-4-2-3-6-24(16)7-8-25-18(26)10-15-12-28-9-5-17(15)23-25/h10,13,16H,2-9,11-12H2,1H3,(H,21,27). The second-order valence-electron chi connectivity index (χ2n) is 7.64. The lowest BCUT2D eigenvalue weighted by molar-refractivity contribution is 0.0910. The second kappa shape index (κ2) is 9.15. The number of hydrogen-bond donors (Lipinski definition) is 1. The highest BCUT2D eigenvalue weighted by Gasteiger charge is 2.24. The molecule has 9 heteroatoms. The normalized spacial score (nSPS) is 19.7. The molecule has 2 aliphatic heterocycles. The molecule has 1 amide bonds. The number of aromatic nitrogens is 3. The molecule has 1 unspecified atom stereocenters. The Balaban J connectivity index is 1.36. The van der Waals surface area contributed by atoms with Crippen LogP contribution in [0.4, 0.5) is 0 Å². The summed E-state index contributed by atoms with van der Waals surface area (Å²) in [5, 5.41) is 7.63. The van der Waals surface area contributed by atoms with Gasteiger partial charge in [0.15, 0.2) is 0 Å². The molecule has 1 atom stereocenters. The van der Waals surface area contributed by atoms with E-state index in [1.807, 2.05) is 6.92 Å². The van der Waals surface area contributed by atoms with Gasteiger partial charge in [-0.3, -0.25) is 14.5 Å². The maximum atomic E-state index is 12.4. The molecule has 2 aromatic rings. The second-order valence-corrected chi connectivity index (χ2v) is 8.50. The fourth-order valence-corrected chi connectivity index (χ4v) is 4.75. The fourth-order valence-electron chi connectivity index (χ4n) is 4.03. The Bertz CT molecular complexity index is 925. The predicted molar refractivity (Wildman–Crippen MR) is 110 cm³/mol. The first-order valence-corrected chi connectivity index (χ1v) is 11.1. The molecule has 1 saturated heterocycles. The number of rotatable bonds is 6. The molecular weight excluding hydrogens is 390 g/mol. The molecule has 1 N–H and O–H groups in total. The lowest BCUT2D eigenvalue weighted by atomic mass is 10.0. The zero-order valence-electron chi connectivity index (χ0n) is 16.7. The minimum absolute atomic E-state index is 0.0506. The Morgan fingerprint density at radius 1 is 1.38 bits per heavy atom. The van der Waals surface area contributed by atoms with Crippen molar-refractivity contribution in [1.29, 1.82) is 0 Å². The van der Waals surface area contributed by atoms with Gasteiger partial charge in [-0.2, -0.15) is 5.10 Å². The smallest absolute Gasteiger partial charge is 0.267 e. The largest absolute Gasteiger partial charge is 0.376 e. The quantitative estimate of drug-likeness (QED) is 0.764. The number of nitrogens with one attached hydrogen (secondary N) is 1. The minimum atomic E-state index is -0.0724. The van der Waals surface area contributed by atoms with Gasteiger partial charge in [0.05, 0.1) is 36.7 Å². The maximum absolute atomic E-state index is 12.4. The summed E-state index contributed by atoms with van der Waals surface area (Å²) in [5.41, 5.74) is 4.28. The van der Waals surface area contributed by atoms with Crippen molar-refractivity contribution in [1.82, 2.24) is 25.0 Å². The van der Waals surface area contributed by atoms with Gasteiger partial charge in [-0.15, -0.1) is 11.3 Å². The zero-order chi connectivity index (χ0) is 20.2. The zero-order valence-corrected chi connectivity index (χ0v) is 17.5. The summed E-state index contributed by atoms with van der Waals surface area (Å²) >= 11 is 1.37. The summed E-state index contributed by atoms with van der Waals surface area (Å²) in [6.07, 6.45) is 4.10. The number of piperidine rings is 1. The van der Waals surface area contributed by atoms with Gasteiger partial charge in [0, 0.05) is 37.2 Å². The van der Waals surface area contributed by atoms with Gasteiger partial charge >= 0.3 is 0 Å². The van der Waals surface area contributed by atoms with Crippen molar-refractivity contribution in [2.45, 2.75) is 51.8 Å². The Hall–Kier alpha value is -2.10. The summed E-state index contributed by atoms with van der Waals surface area (Å²) in [4.78, 5) is 32.0. The average Bonchev–Trinajstić information content (AvgIpc) is 3.17. The van der Waals surface area contributed by atoms with Crippen molar-refractivity contribution in [3.63, 3.8) is 0 Å². The van der Waals surface area contributed by atoms with E-state index in [1.165, 1.54) is 11.3 Å². The first-order valence-electron chi connectivity index (χ1n) is 10.2. The molecular formula is C20H27N5O3S. The number of hydrogen-bond acceptors (Lipinski definition) is 7. The lowest BCUT2D eigenvalue weighted by Crippen LogP contribution is -2.48. The van der Waals surface area contributed by atoms with Gasteiger partial charge in [-0.05, 0) is 26.3 Å². The highest BCUT2D eigenvalue weighted by atomic mass is 32.1. The highest BCUT2D eigenvalue weighted by Crippen LogP contribution is 2.18. The van der Waals surface area contributed by atoms with Crippen LogP contribution >= 0.6 is 11.3 Å². The summed E-state index contributed by atoms with van der Waals surface area (Å²) in [5.74, 6) is -0.0506. The third-order valence-corrected chi connectivity index (χ3v) is 6.63. The van der Waals surface area contributed by atoms with Gasteiger partial charge in [0.2, 0.25) is 0 Å². The van der Waals surface area contributed by atoms with E-state index in [1.54, 1.807) is 16.3 Å². The fraction of sp³-hybridized carbons (Fsp3) is 0.600. The molecule has 156 valence electrons. The number of amides is 1. The van der Waals surface area contributed by atoms with E-state index in [2.05, 4.69) is 20.3 Å². The highest BCUT2D eigenvalue weighted by molar-refractivity contribution is 7.11. The molecule has 0 saturated carbocycles. The molecule has 4 heterocycles. The summed E-state index contributed by atoms with van der Waals surface area (Å²) in [7, 11) is 0. The van der Waals surface area contributed by atoms with Crippen LogP contribution in [0.15, 0.2) is 16.4 Å². The topological polar surface area (TPSA) is 89.4 Å². The van der Waals surface area contributed by atoms with Gasteiger partial charge in [-0.1, -0.05) is 6.42 Å². The number of aryl methyl sites for hydroxylation is 1. The van der Waals surface area contributed by atoms with Crippen molar-refractivity contribution in [3.05, 3.63) is 43.8 Å². The number of carbonyl (C=O) groups excluding carboxylic acids is 1. The van der Waals surface area contributed by atoms with Crippen molar-refractivity contribution >= 4 is 17.2 Å². The number of thiazole rings is 1. The summed E-state index contributed by atoms with van der Waals surface area (Å²) in [6.45, 7) is 5.89. The SMILES string of the molecule is Cc1ncsc1C(=O)NCC1CCCCN1CCn1nc2c(cc1=O)COCC2. The summed E-state index contributed by atoms with van der Waals surface area (Å²) < 4.78 is 6.98. The number of carbonyl (C=O) groups is 1. The monoisotopic (exact) mass is 417 g/mol. The van der Waals surface area contributed by atoms with Crippen molar-refractivity contribution < 1.29 is 9.53 Å². The van der Waals surface area contributed by atoms with Crippen LogP contribution in [0.1, 0.15) is 45.9 Å². The number of ether oxygens (including phenoxy) is 1. The van der Waals surface area contributed by atoms with Crippen molar-refractivity contribution in [3.8, 4) is 0 Å². The van der Waals surface area contributed by atoms with Gasteiger partial charge in [0.25, 0.3) is 11.5 Å². The first kappa shape index (κ1) is 20.2. The molecule has 1 fully saturated rings. The van der Waals surface area contributed by atoms with Crippen LogP contribution in [0.2, 0.25) is 0 Å². The molecule has 2 aromatic heterocycles. The van der Waals surface area contributed by atoms with E-state index >= 15 is 0 Å². The Morgan fingerprint density at radius 3 is 3.10 bits per heavy atom. The predicted octanol–water partition coefficient (Wildman–Crippen LogP) is 1.37. The van der Waals surface area contributed by atoms with Crippen LogP contribution < -0.4 is 10.9 Å². The molecule has 4 rings (SSSR count). The lowest BCUT2D eigenvalue weighted by Gasteiger charge is -2.35. The van der Waals surface area contributed by atoms with Crippen LogP contribution in [0, 0.1) is 6.92 Å². The van der Waals surface area contributed by atoms with Crippen LogP contribution in [-0.2, 0) is 24.3 Å². The summed E-state index contributed by atoms with van der Waals surface area (Å²) in [6, 6.07) is 1.94. The molecule has 8 nitrogen and oxygen atoms in total. The molecule has 0 spiro atoms. The van der Waals surface area contributed by atoms with Gasteiger partial charge in [-0.25, -0.2) is 9.67 Å². The van der Waals surface area contributed by atoms with E-state index in [4.69, 9.17) is 4.74 Å². The molecule has 29 heavy (non-hydrogen) atoms. The van der Waals surface area contributed by atoms with Crippen LogP contribution in [0.3, 0.4) is 0 Å². The van der Waals surface area contributed by atoms with Gasteiger partial charge in [0.1, 0.15) is 4.88 Å². The number of nitrogens with zero attached hydrogens (tertiary/aromatic N) is 4. The van der Waals surface area contributed by atoms with Crippen molar-refractivity contribution in [2.75, 3.05) is 26.2 Å². The first-order chi connectivity index (χ1) is 14.1. The van der Waals surface area contributed by atoms with E-state index in [9.17, 15) is 9.59 Å². The third kappa shape index (κ3) is 4.73. The average molecular weight is 418 g/mol. The van der Waals surface area contributed by atoms with Crippen molar-refractivity contribution in [2.24, 2.45) is 0 Å². The van der Waals surface area contributed by atoms with E-state index in [0.717, 1.165) is 55.7 Å². The van der Waals surface area contributed by atoms with Crippen LogP contribution in [0.25, 0.3) is 0 Å². The Labute approximate surface area is 173 Å². The van der Waals surface area contributed by atoms with Crippen LogP contribution in [0.5, 0.6) is 0 Å². The molecule has 2 aliphatic rings.